The van der Waals surface area contributed by atoms with Crippen molar-refractivity contribution < 1.29 is 19.2 Å². The molecule has 6 nitrogen and oxygen atoms in total. The van der Waals surface area contributed by atoms with E-state index in [-0.39, 0.29) is 36.2 Å². The van der Waals surface area contributed by atoms with Gasteiger partial charge in [0.2, 0.25) is 11.8 Å². The van der Waals surface area contributed by atoms with Crippen molar-refractivity contribution in [2.24, 2.45) is 0 Å². The van der Waals surface area contributed by atoms with Crippen LogP contribution >= 0.6 is 0 Å². The maximum Gasteiger partial charge on any atom is 0.230 e. The summed E-state index contributed by atoms with van der Waals surface area (Å²) in [5.41, 5.74) is 1.04. The summed E-state index contributed by atoms with van der Waals surface area (Å²) >= 11 is 0. The van der Waals surface area contributed by atoms with Gasteiger partial charge in [-0.15, -0.1) is 0 Å². The van der Waals surface area contributed by atoms with Crippen molar-refractivity contribution in [3.8, 4) is 0 Å². The molecule has 0 N–H and O–H groups in total. The smallest absolute Gasteiger partial charge is 0.230 e. The first-order chi connectivity index (χ1) is 13.5. The zero-order valence-electron chi connectivity index (χ0n) is 15.5. The average Bonchev–Trinajstić information content (AvgIpc) is 2.75. The molecule has 0 atom stereocenters. The van der Waals surface area contributed by atoms with Crippen molar-refractivity contribution in [1.82, 2.24) is 9.80 Å². The van der Waals surface area contributed by atoms with Crippen LogP contribution in [0.25, 0.3) is 0 Å². The summed E-state index contributed by atoms with van der Waals surface area (Å²) in [5, 5.41) is 0. The number of rotatable bonds is 6. The van der Waals surface area contributed by atoms with Gasteiger partial charge in [-0.2, -0.15) is 0 Å². The van der Waals surface area contributed by atoms with Crippen LogP contribution < -0.4 is 0 Å². The molecule has 2 aromatic carbocycles. The Labute approximate surface area is 163 Å². The molecule has 1 saturated heterocycles. The van der Waals surface area contributed by atoms with Crippen LogP contribution in [-0.4, -0.2) is 59.4 Å². The fourth-order valence-corrected chi connectivity index (χ4v) is 3.16. The molecule has 0 spiro atoms. The van der Waals surface area contributed by atoms with E-state index in [1.54, 1.807) is 58.3 Å². The highest BCUT2D eigenvalue weighted by Crippen LogP contribution is 2.11. The quantitative estimate of drug-likeness (QED) is 0.571. The lowest BCUT2D eigenvalue weighted by Gasteiger charge is -2.34. The maximum absolute atomic E-state index is 12.4. The molecule has 28 heavy (non-hydrogen) atoms. The Kier molecular flexibility index (Phi) is 6.32. The molecule has 2 amide bonds. The van der Waals surface area contributed by atoms with Gasteiger partial charge in [0.1, 0.15) is 0 Å². The molecular formula is C22H22N2O4. The molecule has 0 aromatic heterocycles. The van der Waals surface area contributed by atoms with E-state index in [1.807, 2.05) is 12.1 Å². The van der Waals surface area contributed by atoms with E-state index < -0.39 is 0 Å². The first kappa shape index (κ1) is 19.5. The predicted octanol–water partition coefficient (Wildman–Crippen LogP) is 2.20. The minimum atomic E-state index is -0.235. The van der Waals surface area contributed by atoms with E-state index in [1.165, 1.54) is 0 Å². The number of hydrogen-bond acceptors (Lipinski definition) is 4. The summed E-state index contributed by atoms with van der Waals surface area (Å²) in [6, 6.07) is 17.4. The Bertz CT molecular complexity index is 783. The molecule has 3 rings (SSSR count). The third-order valence-corrected chi connectivity index (χ3v) is 4.80. The van der Waals surface area contributed by atoms with Crippen LogP contribution in [0.1, 0.15) is 33.6 Å². The molecule has 2 aromatic rings. The van der Waals surface area contributed by atoms with Crippen LogP contribution in [0.2, 0.25) is 0 Å². The first-order valence-electron chi connectivity index (χ1n) is 9.26. The van der Waals surface area contributed by atoms with Crippen molar-refractivity contribution in [3.63, 3.8) is 0 Å². The van der Waals surface area contributed by atoms with E-state index in [9.17, 15) is 19.2 Å². The van der Waals surface area contributed by atoms with Crippen molar-refractivity contribution in [2.45, 2.75) is 12.8 Å². The van der Waals surface area contributed by atoms with Crippen molar-refractivity contribution in [3.05, 3.63) is 71.8 Å². The molecule has 1 heterocycles. The van der Waals surface area contributed by atoms with Crippen LogP contribution in [0, 0.1) is 0 Å². The minimum Gasteiger partial charge on any atom is -0.339 e. The van der Waals surface area contributed by atoms with Gasteiger partial charge in [-0.1, -0.05) is 60.7 Å². The molecule has 1 aliphatic rings. The Morgan fingerprint density at radius 3 is 1.21 bits per heavy atom. The topological polar surface area (TPSA) is 74.8 Å². The van der Waals surface area contributed by atoms with Crippen molar-refractivity contribution >= 4 is 23.4 Å². The molecule has 144 valence electrons. The van der Waals surface area contributed by atoms with Gasteiger partial charge in [-0.3, -0.25) is 19.2 Å². The molecule has 0 aliphatic carbocycles. The largest absolute Gasteiger partial charge is 0.339 e. The monoisotopic (exact) mass is 378 g/mol. The highest BCUT2D eigenvalue weighted by molar-refractivity contribution is 6.08. The van der Waals surface area contributed by atoms with Crippen LogP contribution in [0.5, 0.6) is 0 Å². The summed E-state index contributed by atoms with van der Waals surface area (Å²) in [5.74, 6) is -0.891. The Morgan fingerprint density at radius 2 is 0.893 bits per heavy atom. The lowest BCUT2D eigenvalue weighted by molar-refractivity contribution is -0.138. The highest BCUT2D eigenvalue weighted by Gasteiger charge is 2.26. The van der Waals surface area contributed by atoms with E-state index in [0.29, 0.717) is 37.3 Å². The van der Waals surface area contributed by atoms with E-state index in [4.69, 9.17) is 0 Å². The molecule has 0 unspecified atom stereocenters. The number of carbonyl (C=O) groups excluding carboxylic acids is 4. The standard InChI is InChI=1S/C22H22N2O4/c25-19(17-7-3-1-4-8-17)15-21(27)23-11-13-24(14-12-23)22(28)16-20(26)18-9-5-2-6-10-18/h1-10H,11-16H2. The zero-order valence-corrected chi connectivity index (χ0v) is 15.5. The average molecular weight is 378 g/mol. The number of Topliss-reactive ketones (excluding diaryl/α,β-unsaturated/α-hetero) is 2. The number of carbonyl (C=O) groups is 4. The number of hydrogen-bond donors (Lipinski definition) is 0. The number of piperazine rings is 1. The molecule has 0 radical (unpaired) electrons. The number of benzene rings is 2. The molecule has 6 heteroatoms. The van der Waals surface area contributed by atoms with Gasteiger partial charge in [0.05, 0.1) is 12.8 Å². The van der Waals surface area contributed by atoms with Gasteiger partial charge in [0.15, 0.2) is 11.6 Å². The molecule has 1 aliphatic heterocycles. The van der Waals surface area contributed by atoms with Crippen LogP contribution in [0.4, 0.5) is 0 Å². The van der Waals surface area contributed by atoms with Crippen molar-refractivity contribution in [2.75, 3.05) is 26.2 Å². The number of amides is 2. The van der Waals surface area contributed by atoms with Gasteiger partial charge in [-0.05, 0) is 0 Å². The molecular weight excluding hydrogens is 356 g/mol. The normalized spacial score (nSPS) is 13.9. The highest BCUT2D eigenvalue weighted by atomic mass is 16.2. The Hall–Kier alpha value is -3.28. The summed E-state index contributed by atoms with van der Waals surface area (Å²) < 4.78 is 0. The van der Waals surface area contributed by atoms with Gasteiger partial charge in [-0.25, -0.2) is 0 Å². The van der Waals surface area contributed by atoms with Crippen LogP contribution in [0.3, 0.4) is 0 Å². The Morgan fingerprint density at radius 1 is 0.571 bits per heavy atom. The molecule has 0 bridgehead atoms. The second kappa shape index (κ2) is 9.08. The SMILES string of the molecule is O=C(CC(=O)N1CCN(C(=O)CC(=O)c2ccccc2)CC1)c1ccccc1. The van der Waals surface area contributed by atoms with Gasteiger partial charge in [0, 0.05) is 37.3 Å². The summed E-state index contributed by atoms with van der Waals surface area (Å²) in [7, 11) is 0. The van der Waals surface area contributed by atoms with Crippen LogP contribution in [-0.2, 0) is 9.59 Å². The third kappa shape index (κ3) is 4.91. The number of ketones is 2. The van der Waals surface area contributed by atoms with E-state index in [2.05, 4.69) is 0 Å². The first-order valence-corrected chi connectivity index (χ1v) is 9.26. The summed E-state index contributed by atoms with van der Waals surface area (Å²) in [6.45, 7) is 1.47. The lowest BCUT2D eigenvalue weighted by Crippen LogP contribution is -2.51. The second-order valence-corrected chi connectivity index (χ2v) is 6.69. The van der Waals surface area contributed by atoms with Gasteiger partial charge < -0.3 is 9.80 Å². The molecule has 0 saturated carbocycles. The van der Waals surface area contributed by atoms with E-state index in [0.717, 1.165) is 0 Å². The maximum atomic E-state index is 12.4. The lowest BCUT2D eigenvalue weighted by atomic mass is 10.1. The van der Waals surface area contributed by atoms with E-state index >= 15 is 0 Å². The zero-order chi connectivity index (χ0) is 19.9. The predicted molar refractivity (Wildman–Crippen MR) is 104 cm³/mol. The van der Waals surface area contributed by atoms with Crippen molar-refractivity contribution in [1.29, 1.82) is 0 Å². The second-order valence-electron chi connectivity index (χ2n) is 6.69. The third-order valence-electron chi connectivity index (χ3n) is 4.80. The van der Waals surface area contributed by atoms with Gasteiger partial charge >= 0.3 is 0 Å². The van der Waals surface area contributed by atoms with Gasteiger partial charge in [0.25, 0.3) is 0 Å². The molecule has 1 fully saturated rings. The number of nitrogens with zero attached hydrogens (tertiary/aromatic N) is 2. The fourth-order valence-electron chi connectivity index (χ4n) is 3.16. The van der Waals surface area contributed by atoms with Crippen LogP contribution in [0.15, 0.2) is 60.7 Å². The minimum absolute atomic E-state index is 0.176. The summed E-state index contributed by atoms with van der Waals surface area (Å²) in [4.78, 5) is 52.3. The summed E-state index contributed by atoms with van der Waals surface area (Å²) in [6.07, 6.45) is -0.352. The Balaban J connectivity index is 1.47. The fraction of sp³-hybridized carbons (Fsp3) is 0.273.